The molecule has 124 valence electrons. The number of aliphatic hydroxyl groups is 1. The molecule has 1 atom stereocenters. The standard InChI is InChI=1S/C20H21ClN2O/c1-2-3-14-23-15-13-22-19(23)20(24,16-7-5-4-6-8-16)17-9-11-18(21)12-10-17/h4-13,15,24H,2-3,14H2,1H3. The number of aromatic nitrogens is 2. The molecule has 0 aliphatic carbocycles. The van der Waals surface area contributed by atoms with Crippen molar-refractivity contribution in [3.8, 4) is 0 Å². The molecular formula is C20H21ClN2O. The minimum atomic E-state index is -1.32. The Morgan fingerprint density at radius 2 is 1.71 bits per heavy atom. The first-order valence-electron chi connectivity index (χ1n) is 8.21. The summed E-state index contributed by atoms with van der Waals surface area (Å²) in [5, 5.41) is 12.4. The zero-order valence-corrected chi connectivity index (χ0v) is 14.4. The molecule has 0 spiro atoms. The van der Waals surface area contributed by atoms with E-state index < -0.39 is 5.60 Å². The second kappa shape index (κ2) is 7.20. The van der Waals surface area contributed by atoms with Gasteiger partial charge in [-0.25, -0.2) is 4.98 Å². The van der Waals surface area contributed by atoms with Crippen LogP contribution in [0.5, 0.6) is 0 Å². The van der Waals surface area contributed by atoms with Crippen molar-refractivity contribution in [3.63, 3.8) is 0 Å². The van der Waals surface area contributed by atoms with Gasteiger partial charge in [-0.05, 0) is 29.7 Å². The molecule has 1 unspecified atom stereocenters. The van der Waals surface area contributed by atoms with Crippen molar-refractivity contribution in [2.75, 3.05) is 0 Å². The summed E-state index contributed by atoms with van der Waals surface area (Å²) in [6.07, 6.45) is 5.79. The van der Waals surface area contributed by atoms with Gasteiger partial charge in [0.25, 0.3) is 0 Å². The van der Waals surface area contributed by atoms with Crippen LogP contribution in [-0.4, -0.2) is 14.7 Å². The van der Waals surface area contributed by atoms with Crippen LogP contribution in [0.3, 0.4) is 0 Å². The largest absolute Gasteiger partial charge is 0.373 e. The first-order valence-corrected chi connectivity index (χ1v) is 8.59. The molecule has 0 radical (unpaired) electrons. The number of unbranched alkanes of at least 4 members (excludes halogenated alkanes) is 1. The highest BCUT2D eigenvalue weighted by Crippen LogP contribution is 2.36. The number of nitrogens with zero attached hydrogens (tertiary/aromatic N) is 2. The average molecular weight is 341 g/mol. The quantitative estimate of drug-likeness (QED) is 0.711. The number of aryl methyl sites for hydroxylation is 1. The Hall–Kier alpha value is -2.10. The van der Waals surface area contributed by atoms with Crippen molar-refractivity contribution in [1.29, 1.82) is 0 Å². The lowest BCUT2D eigenvalue weighted by atomic mass is 9.85. The maximum Gasteiger partial charge on any atom is 0.173 e. The molecule has 4 heteroatoms. The van der Waals surface area contributed by atoms with Crippen LogP contribution in [0.2, 0.25) is 5.02 Å². The second-order valence-corrected chi connectivity index (χ2v) is 6.32. The zero-order valence-electron chi connectivity index (χ0n) is 13.7. The average Bonchev–Trinajstić information content (AvgIpc) is 3.09. The summed E-state index contributed by atoms with van der Waals surface area (Å²) in [6, 6.07) is 16.9. The van der Waals surface area contributed by atoms with Crippen LogP contribution in [0.4, 0.5) is 0 Å². The fourth-order valence-electron chi connectivity index (χ4n) is 2.93. The van der Waals surface area contributed by atoms with Gasteiger partial charge in [-0.2, -0.15) is 0 Å². The molecule has 0 saturated carbocycles. The van der Waals surface area contributed by atoms with Crippen molar-refractivity contribution < 1.29 is 5.11 Å². The Kier molecular flexibility index (Phi) is 5.03. The molecule has 0 fully saturated rings. The van der Waals surface area contributed by atoms with Gasteiger partial charge >= 0.3 is 0 Å². The van der Waals surface area contributed by atoms with Gasteiger partial charge in [0, 0.05) is 24.0 Å². The summed E-state index contributed by atoms with van der Waals surface area (Å²) >= 11 is 6.03. The molecular weight excluding hydrogens is 320 g/mol. The topological polar surface area (TPSA) is 38.0 Å². The Labute approximate surface area is 147 Å². The predicted octanol–water partition coefficient (Wildman–Crippen LogP) is 4.62. The first kappa shape index (κ1) is 16.7. The molecule has 0 aliphatic rings. The van der Waals surface area contributed by atoms with Crippen molar-refractivity contribution in [2.45, 2.75) is 31.9 Å². The minimum absolute atomic E-state index is 0.629. The molecule has 0 bridgehead atoms. The molecule has 3 nitrogen and oxygen atoms in total. The fraction of sp³-hybridized carbons (Fsp3) is 0.250. The van der Waals surface area contributed by atoms with E-state index in [2.05, 4.69) is 11.9 Å². The molecule has 1 N–H and O–H groups in total. The number of hydrogen-bond donors (Lipinski definition) is 1. The zero-order chi connectivity index (χ0) is 17.0. The van der Waals surface area contributed by atoms with E-state index in [1.54, 1.807) is 18.3 Å². The van der Waals surface area contributed by atoms with E-state index in [0.717, 1.165) is 30.5 Å². The van der Waals surface area contributed by atoms with Gasteiger partial charge in [0.15, 0.2) is 5.60 Å². The lowest BCUT2D eigenvalue weighted by Crippen LogP contribution is -2.32. The van der Waals surface area contributed by atoms with Crippen LogP contribution in [-0.2, 0) is 12.1 Å². The summed E-state index contributed by atoms with van der Waals surface area (Å²) in [4.78, 5) is 4.50. The van der Waals surface area contributed by atoms with Crippen LogP contribution in [0, 0.1) is 0 Å². The molecule has 1 heterocycles. The Morgan fingerprint density at radius 1 is 1.04 bits per heavy atom. The molecule has 0 amide bonds. The molecule has 2 aromatic carbocycles. The molecule has 24 heavy (non-hydrogen) atoms. The number of hydrogen-bond acceptors (Lipinski definition) is 2. The van der Waals surface area contributed by atoms with Crippen LogP contribution < -0.4 is 0 Å². The van der Waals surface area contributed by atoms with Crippen LogP contribution in [0.25, 0.3) is 0 Å². The highest BCUT2D eigenvalue weighted by Gasteiger charge is 2.37. The van der Waals surface area contributed by atoms with Crippen molar-refractivity contribution in [2.24, 2.45) is 0 Å². The molecule has 1 aromatic heterocycles. The maximum atomic E-state index is 11.8. The molecule has 0 saturated heterocycles. The maximum absolute atomic E-state index is 11.8. The van der Waals surface area contributed by atoms with Crippen LogP contribution >= 0.6 is 11.6 Å². The van der Waals surface area contributed by atoms with E-state index >= 15 is 0 Å². The molecule has 3 rings (SSSR count). The van der Waals surface area contributed by atoms with Gasteiger partial charge in [0.1, 0.15) is 5.82 Å². The second-order valence-electron chi connectivity index (χ2n) is 5.88. The van der Waals surface area contributed by atoms with E-state index in [9.17, 15) is 5.11 Å². The first-order chi connectivity index (χ1) is 11.7. The number of halogens is 1. The third-order valence-corrected chi connectivity index (χ3v) is 4.50. The summed E-state index contributed by atoms with van der Waals surface area (Å²) < 4.78 is 2.03. The minimum Gasteiger partial charge on any atom is -0.373 e. The third-order valence-electron chi connectivity index (χ3n) is 4.25. The molecule has 0 aliphatic heterocycles. The van der Waals surface area contributed by atoms with Gasteiger partial charge in [-0.1, -0.05) is 67.4 Å². The Balaban J connectivity index is 2.16. The van der Waals surface area contributed by atoms with E-state index in [1.165, 1.54) is 0 Å². The SMILES string of the molecule is CCCCn1ccnc1C(O)(c1ccccc1)c1ccc(Cl)cc1. The van der Waals surface area contributed by atoms with E-state index in [-0.39, 0.29) is 0 Å². The lowest BCUT2D eigenvalue weighted by Gasteiger charge is -2.29. The number of benzene rings is 2. The van der Waals surface area contributed by atoms with Crippen LogP contribution in [0.15, 0.2) is 67.0 Å². The fourth-order valence-corrected chi connectivity index (χ4v) is 3.06. The van der Waals surface area contributed by atoms with Gasteiger partial charge in [-0.15, -0.1) is 0 Å². The van der Waals surface area contributed by atoms with Gasteiger partial charge in [0.05, 0.1) is 0 Å². The predicted molar refractivity (Wildman–Crippen MR) is 97.1 cm³/mol. The summed E-state index contributed by atoms with van der Waals surface area (Å²) in [7, 11) is 0. The third kappa shape index (κ3) is 3.10. The summed E-state index contributed by atoms with van der Waals surface area (Å²) in [5.74, 6) is 0.629. The normalized spacial score (nSPS) is 13.6. The lowest BCUT2D eigenvalue weighted by molar-refractivity contribution is 0.111. The van der Waals surface area contributed by atoms with Crippen molar-refractivity contribution >= 4 is 11.6 Å². The van der Waals surface area contributed by atoms with E-state index in [1.807, 2.05) is 53.2 Å². The summed E-state index contributed by atoms with van der Waals surface area (Å²) in [6.45, 7) is 2.98. The Bertz CT molecular complexity index is 783. The number of imidazole rings is 1. The van der Waals surface area contributed by atoms with Gasteiger partial charge < -0.3 is 9.67 Å². The Morgan fingerprint density at radius 3 is 2.38 bits per heavy atom. The number of rotatable bonds is 6. The van der Waals surface area contributed by atoms with Crippen molar-refractivity contribution in [1.82, 2.24) is 9.55 Å². The smallest absolute Gasteiger partial charge is 0.173 e. The van der Waals surface area contributed by atoms with E-state index in [0.29, 0.717) is 10.8 Å². The highest BCUT2D eigenvalue weighted by atomic mass is 35.5. The van der Waals surface area contributed by atoms with Gasteiger partial charge in [-0.3, -0.25) is 0 Å². The van der Waals surface area contributed by atoms with Gasteiger partial charge in [0.2, 0.25) is 0 Å². The monoisotopic (exact) mass is 340 g/mol. The molecule has 3 aromatic rings. The highest BCUT2D eigenvalue weighted by molar-refractivity contribution is 6.30. The summed E-state index contributed by atoms with van der Waals surface area (Å²) in [5.41, 5.74) is 0.224. The van der Waals surface area contributed by atoms with E-state index in [4.69, 9.17) is 11.6 Å². The van der Waals surface area contributed by atoms with Crippen LogP contribution in [0.1, 0.15) is 36.7 Å². The van der Waals surface area contributed by atoms with Crippen molar-refractivity contribution in [3.05, 3.63) is 89.0 Å².